The van der Waals surface area contributed by atoms with Crippen molar-refractivity contribution in [3.8, 4) is 0 Å². The van der Waals surface area contributed by atoms with Gasteiger partial charge >= 0.3 is 0 Å². The molecule has 0 saturated carbocycles. The molecule has 0 spiro atoms. The monoisotopic (exact) mass is 348 g/mol. The number of hydrogen-bond donors (Lipinski definition) is 2. The van der Waals surface area contributed by atoms with Crippen LogP contribution in [0.5, 0.6) is 0 Å². The fraction of sp³-hybridized carbons (Fsp3) is 0.556. The normalized spacial score (nSPS) is 31.1. The number of aromatic nitrogens is 3. The summed E-state index contributed by atoms with van der Waals surface area (Å²) in [5, 5.41) is 22.9. The lowest BCUT2D eigenvalue weighted by Gasteiger charge is -2.41. The summed E-state index contributed by atoms with van der Waals surface area (Å²) in [5.41, 5.74) is 1.18. The van der Waals surface area contributed by atoms with Crippen molar-refractivity contribution in [3.05, 3.63) is 46.8 Å². The van der Waals surface area contributed by atoms with Crippen LogP contribution in [0.1, 0.15) is 54.6 Å². The first-order valence-corrected chi connectivity index (χ1v) is 8.63. The van der Waals surface area contributed by atoms with Gasteiger partial charge in [-0.05, 0) is 30.9 Å². The lowest BCUT2D eigenvalue weighted by atomic mass is 9.77. The third-order valence-corrected chi connectivity index (χ3v) is 5.39. The average Bonchev–Trinajstić information content (AvgIpc) is 3.10. The number of fused-ring (bicyclic) bond motifs is 1. The third kappa shape index (κ3) is 2.85. The quantitative estimate of drug-likeness (QED) is 0.876. The van der Waals surface area contributed by atoms with Gasteiger partial charge in [-0.2, -0.15) is 0 Å². The van der Waals surface area contributed by atoms with Gasteiger partial charge in [0.2, 0.25) is 0 Å². The summed E-state index contributed by atoms with van der Waals surface area (Å²) < 4.78 is 29.4. The van der Waals surface area contributed by atoms with Gasteiger partial charge in [0.05, 0.1) is 17.3 Å². The highest BCUT2D eigenvalue weighted by molar-refractivity contribution is 5.41. The summed E-state index contributed by atoms with van der Waals surface area (Å²) in [4.78, 5) is 0. The fourth-order valence-corrected chi connectivity index (χ4v) is 4.21. The summed E-state index contributed by atoms with van der Waals surface area (Å²) in [6.45, 7) is 2.01. The molecule has 2 aliphatic rings. The van der Waals surface area contributed by atoms with Crippen molar-refractivity contribution in [3.63, 3.8) is 0 Å². The number of rotatable bonds is 2. The molecular weight excluding hydrogens is 326 g/mol. The van der Waals surface area contributed by atoms with Gasteiger partial charge < -0.3 is 10.4 Å². The molecule has 2 aromatic rings. The lowest BCUT2D eigenvalue weighted by molar-refractivity contribution is -0.0238. The maximum atomic E-state index is 13.9. The molecule has 5 nitrogen and oxygen atoms in total. The topological polar surface area (TPSA) is 63.0 Å². The number of halogens is 2. The Morgan fingerprint density at radius 3 is 2.84 bits per heavy atom. The van der Waals surface area contributed by atoms with Crippen molar-refractivity contribution >= 4 is 0 Å². The highest BCUT2D eigenvalue weighted by Crippen LogP contribution is 2.45. The van der Waals surface area contributed by atoms with Gasteiger partial charge in [-0.15, -0.1) is 5.10 Å². The number of piperidine rings is 1. The summed E-state index contributed by atoms with van der Waals surface area (Å²) in [7, 11) is 1.80. The van der Waals surface area contributed by atoms with E-state index in [0.29, 0.717) is 30.4 Å². The van der Waals surface area contributed by atoms with Gasteiger partial charge in [0, 0.05) is 37.7 Å². The number of aliphatic hydroxyl groups is 1. The van der Waals surface area contributed by atoms with Crippen LogP contribution in [0, 0.1) is 0 Å². The van der Waals surface area contributed by atoms with Gasteiger partial charge in [0.15, 0.2) is 0 Å². The van der Waals surface area contributed by atoms with E-state index >= 15 is 0 Å². The van der Waals surface area contributed by atoms with Crippen LogP contribution in [0.25, 0.3) is 0 Å². The SMILES string of the molecule is C[C@H]1C[C@@](O)(c2ccc3c(c2)CCC3(F)F)C[C@@H](c2cn(C)nn2)N1. The Morgan fingerprint density at radius 1 is 1.32 bits per heavy atom. The predicted octanol–water partition coefficient (Wildman–Crippen LogP) is 2.55. The minimum absolute atomic E-state index is 0.0699. The Morgan fingerprint density at radius 2 is 2.12 bits per heavy atom. The zero-order chi connectivity index (χ0) is 17.8. The number of nitrogens with zero attached hydrogens (tertiary/aromatic N) is 3. The summed E-state index contributed by atoms with van der Waals surface area (Å²) in [6, 6.07) is 4.85. The average molecular weight is 348 g/mol. The second-order valence-corrected chi connectivity index (χ2v) is 7.45. The van der Waals surface area contributed by atoms with E-state index in [0.717, 1.165) is 5.69 Å². The number of nitrogens with one attached hydrogen (secondary N) is 1. The van der Waals surface area contributed by atoms with Crippen LogP contribution in [0.15, 0.2) is 24.4 Å². The molecule has 1 aromatic carbocycles. The summed E-state index contributed by atoms with van der Waals surface area (Å²) in [6.07, 6.45) is 3.00. The van der Waals surface area contributed by atoms with E-state index in [1.165, 1.54) is 6.07 Å². The second-order valence-electron chi connectivity index (χ2n) is 7.45. The van der Waals surface area contributed by atoms with Crippen molar-refractivity contribution in [2.75, 3.05) is 0 Å². The fourth-order valence-electron chi connectivity index (χ4n) is 4.21. The smallest absolute Gasteiger partial charge is 0.273 e. The van der Waals surface area contributed by atoms with Crippen LogP contribution >= 0.6 is 0 Å². The highest BCUT2D eigenvalue weighted by atomic mass is 19.3. The van der Waals surface area contributed by atoms with Crippen LogP contribution in [-0.4, -0.2) is 26.1 Å². The Labute approximate surface area is 145 Å². The lowest BCUT2D eigenvalue weighted by Crippen LogP contribution is -2.47. The van der Waals surface area contributed by atoms with Crippen molar-refractivity contribution < 1.29 is 13.9 Å². The molecule has 134 valence electrons. The van der Waals surface area contributed by atoms with Crippen molar-refractivity contribution in [2.45, 2.75) is 56.2 Å². The van der Waals surface area contributed by atoms with E-state index in [-0.39, 0.29) is 24.1 Å². The molecule has 1 aliphatic heterocycles. The van der Waals surface area contributed by atoms with Crippen LogP contribution < -0.4 is 5.32 Å². The number of aryl methyl sites for hydroxylation is 2. The van der Waals surface area contributed by atoms with E-state index in [1.54, 1.807) is 23.9 Å². The molecular formula is C18H22F2N4O. The van der Waals surface area contributed by atoms with E-state index in [9.17, 15) is 13.9 Å². The molecule has 0 radical (unpaired) electrons. The molecule has 4 rings (SSSR count). The van der Waals surface area contributed by atoms with Crippen molar-refractivity contribution in [2.24, 2.45) is 7.05 Å². The van der Waals surface area contributed by atoms with Crippen molar-refractivity contribution in [1.29, 1.82) is 0 Å². The minimum Gasteiger partial charge on any atom is -0.385 e. The van der Waals surface area contributed by atoms with Crippen molar-refractivity contribution in [1.82, 2.24) is 20.3 Å². The van der Waals surface area contributed by atoms with Crippen LogP contribution in [-0.2, 0) is 25.0 Å². The maximum absolute atomic E-state index is 13.9. The molecule has 0 bridgehead atoms. The van der Waals surface area contributed by atoms with Gasteiger partial charge in [-0.25, -0.2) is 8.78 Å². The molecule has 2 heterocycles. The Balaban J connectivity index is 1.66. The Hall–Kier alpha value is -1.86. The zero-order valence-corrected chi connectivity index (χ0v) is 14.3. The van der Waals surface area contributed by atoms with Crippen LogP contribution in [0.2, 0.25) is 0 Å². The largest absolute Gasteiger partial charge is 0.385 e. The summed E-state index contributed by atoms with van der Waals surface area (Å²) in [5.74, 6) is -2.75. The first-order chi connectivity index (χ1) is 11.8. The standard InChI is InChI=1S/C18H22F2N4O/c1-11-8-17(25,9-15(21-11)16-10-24(2)23-22-16)13-3-4-14-12(7-13)5-6-18(14,19)20/h3-4,7,10-11,15,21,25H,5-6,8-9H2,1-2H3/t11-,15-,17-/m0/s1. The maximum Gasteiger partial charge on any atom is 0.273 e. The first-order valence-electron chi connectivity index (χ1n) is 8.63. The van der Waals surface area contributed by atoms with E-state index in [1.807, 2.05) is 13.1 Å². The van der Waals surface area contributed by atoms with Gasteiger partial charge in [-0.1, -0.05) is 23.4 Å². The van der Waals surface area contributed by atoms with E-state index in [4.69, 9.17) is 0 Å². The molecule has 1 fully saturated rings. The molecule has 1 aliphatic carbocycles. The van der Waals surface area contributed by atoms with E-state index in [2.05, 4.69) is 15.6 Å². The van der Waals surface area contributed by atoms with Gasteiger partial charge in [0.25, 0.3) is 5.92 Å². The molecule has 25 heavy (non-hydrogen) atoms. The number of alkyl halides is 2. The Bertz CT molecular complexity index is 806. The molecule has 3 atom stereocenters. The molecule has 2 N–H and O–H groups in total. The van der Waals surface area contributed by atoms with Gasteiger partial charge in [0.1, 0.15) is 0 Å². The molecule has 7 heteroatoms. The summed E-state index contributed by atoms with van der Waals surface area (Å²) >= 11 is 0. The molecule has 0 unspecified atom stereocenters. The van der Waals surface area contributed by atoms with Gasteiger partial charge in [-0.3, -0.25) is 4.68 Å². The van der Waals surface area contributed by atoms with Crippen LogP contribution in [0.4, 0.5) is 8.78 Å². The minimum atomic E-state index is -2.75. The third-order valence-electron chi connectivity index (χ3n) is 5.39. The zero-order valence-electron chi connectivity index (χ0n) is 14.3. The second kappa shape index (κ2) is 5.57. The van der Waals surface area contributed by atoms with E-state index < -0.39 is 11.5 Å². The van der Waals surface area contributed by atoms with Crippen LogP contribution in [0.3, 0.4) is 0 Å². The number of benzene rings is 1. The highest BCUT2D eigenvalue weighted by Gasteiger charge is 2.43. The first kappa shape index (κ1) is 16.6. The Kier molecular flexibility index (Phi) is 3.70. The molecule has 0 amide bonds. The predicted molar refractivity (Wildman–Crippen MR) is 88.1 cm³/mol. The molecule has 1 aromatic heterocycles. The number of hydrogen-bond acceptors (Lipinski definition) is 4. The molecule has 1 saturated heterocycles.